The van der Waals surface area contributed by atoms with E-state index in [4.69, 9.17) is 0 Å². The average Bonchev–Trinajstić information content (AvgIpc) is 2.56. The van der Waals surface area contributed by atoms with Crippen molar-refractivity contribution in [1.29, 1.82) is 0 Å². The highest BCUT2D eigenvalue weighted by molar-refractivity contribution is 7.89. The number of hydrogen-bond donors (Lipinski definition) is 2. The number of anilines is 1. The zero-order chi connectivity index (χ0) is 18.4. The van der Waals surface area contributed by atoms with E-state index in [1.165, 1.54) is 30.3 Å². The van der Waals surface area contributed by atoms with Crippen molar-refractivity contribution < 1.29 is 22.0 Å². The standard InChI is InChI=1S/C17H16F2N2O3S/c1-2-20-25(23,24)14-7-3-12(4-8-14)5-10-17(22)21-16-9-6-13(18)11-15(16)19/h3-11,20H,2H2,1H3,(H,21,22)/b10-5+. The van der Waals surface area contributed by atoms with Crippen LogP contribution in [0.2, 0.25) is 0 Å². The third kappa shape index (κ3) is 5.20. The molecule has 2 rings (SSSR count). The van der Waals surface area contributed by atoms with E-state index >= 15 is 0 Å². The quantitative estimate of drug-likeness (QED) is 0.772. The molecule has 0 saturated heterocycles. The van der Waals surface area contributed by atoms with Crippen LogP contribution < -0.4 is 10.0 Å². The van der Waals surface area contributed by atoms with E-state index in [0.29, 0.717) is 11.6 Å². The van der Waals surface area contributed by atoms with Gasteiger partial charge in [-0.15, -0.1) is 0 Å². The third-order valence-corrected chi connectivity index (χ3v) is 4.70. The van der Waals surface area contributed by atoms with Crippen molar-refractivity contribution in [2.24, 2.45) is 0 Å². The predicted molar refractivity (Wildman–Crippen MR) is 91.3 cm³/mol. The molecule has 0 spiro atoms. The van der Waals surface area contributed by atoms with Crippen LogP contribution in [0.1, 0.15) is 12.5 Å². The molecule has 0 aliphatic heterocycles. The van der Waals surface area contributed by atoms with E-state index < -0.39 is 27.6 Å². The number of carbonyl (C=O) groups excluding carboxylic acids is 1. The Morgan fingerprint density at radius 3 is 2.40 bits per heavy atom. The lowest BCUT2D eigenvalue weighted by molar-refractivity contribution is -0.111. The van der Waals surface area contributed by atoms with Crippen molar-refractivity contribution >= 4 is 27.7 Å². The fraction of sp³-hybridized carbons (Fsp3) is 0.118. The minimum Gasteiger partial charge on any atom is -0.320 e. The van der Waals surface area contributed by atoms with Crippen LogP contribution in [0.4, 0.5) is 14.5 Å². The second kappa shape index (κ2) is 8.00. The molecule has 0 aromatic heterocycles. The van der Waals surface area contributed by atoms with E-state index in [1.54, 1.807) is 6.92 Å². The van der Waals surface area contributed by atoms with Gasteiger partial charge in [0.1, 0.15) is 11.6 Å². The van der Waals surface area contributed by atoms with Gasteiger partial charge in [-0.05, 0) is 35.9 Å². The molecule has 2 aromatic rings. The molecule has 2 aromatic carbocycles. The molecule has 8 heteroatoms. The Balaban J connectivity index is 2.05. The lowest BCUT2D eigenvalue weighted by atomic mass is 10.2. The maximum Gasteiger partial charge on any atom is 0.248 e. The molecule has 0 saturated carbocycles. The largest absolute Gasteiger partial charge is 0.320 e. The van der Waals surface area contributed by atoms with Gasteiger partial charge >= 0.3 is 0 Å². The first-order valence-electron chi connectivity index (χ1n) is 7.35. The van der Waals surface area contributed by atoms with E-state index in [2.05, 4.69) is 10.0 Å². The molecule has 25 heavy (non-hydrogen) atoms. The van der Waals surface area contributed by atoms with Gasteiger partial charge in [0.25, 0.3) is 0 Å². The summed E-state index contributed by atoms with van der Waals surface area (Å²) >= 11 is 0. The van der Waals surface area contributed by atoms with Gasteiger partial charge in [0, 0.05) is 18.7 Å². The Labute approximate surface area is 144 Å². The molecule has 0 radical (unpaired) electrons. The van der Waals surface area contributed by atoms with Gasteiger partial charge in [-0.3, -0.25) is 4.79 Å². The van der Waals surface area contributed by atoms with Crippen LogP contribution in [-0.4, -0.2) is 20.9 Å². The smallest absolute Gasteiger partial charge is 0.248 e. The van der Waals surface area contributed by atoms with Gasteiger partial charge in [0.15, 0.2) is 0 Å². The fourth-order valence-corrected chi connectivity index (χ4v) is 3.01. The van der Waals surface area contributed by atoms with E-state index in [0.717, 1.165) is 18.2 Å². The second-order valence-corrected chi connectivity index (χ2v) is 6.78. The predicted octanol–water partition coefficient (Wildman–Crippen LogP) is 2.91. The highest BCUT2D eigenvalue weighted by Crippen LogP contribution is 2.15. The van der Waals surface area contributed by atoms with Crippen molar-refractivity contribution in [1.82, 2.24) is 4.72 Å². The molecule has 1 amide bonds. The Morgan fingerprint density at radius 2 is 1.80 bits per heavy atom. The maximum atomic E-state index is 13.5. The van der Waals surface area contributed by atoms with E-state index in [-0.39, 0.29) is 17.1 Å². The van der Waals surface area contributed by atoms with Gasteiger partial charge in [-0.25, -0.2) is 21.9 Å². The van der Waals surface area contributed by atoms with Crippen molar-refractivity contribution in [2.75, 3.05) is 11.9 Å². The SMILES string of the molecule is CCNS(=O)(=O)c1ccc(/C=C/C(=O)Nc2ccc(F)cc2F)cc1. The molecule has 5 nitrogen and oxygen atoms in total. The van der Waals surface area contributed by atoms with Crippen molar-refractivity contribution in [3.8, 4) is 0 Å². The van der Waals surface area contributed by atoms with Crippen molar-refractivity contribution in [2.45, 2.75) is 11.8 Å². The Bertz CT molecular complexity index is 895. The van der Waals surface area contributed by atoms with Gasteiger partial charge in [-0.2, -0.15) is 0 Å². The molecule has 132 valence electrons. The summed E-state index contributed by atoms with van der Waals surface area (Å²) in [6.07, 6.45) is 2.61. The third-order valence-electron chi connectivity index (χ3n) is 3.14. The Morgan fingerprint density at radius 1 is 1.12 bits per heavy atom. The molecule has 2 N–H and O–H groups in total. The summed E-state index contributed by atoms with van der Waals surface area (Å²) in [6.45, 7) is 1.96. The topological polar surface area (TPSA) is 75.3 Å². The molecule has 0 fully saturated rings. The van der Waals surface area contributed by atoms with Gasteiger partial charge < -0.3 is 5.32 Å². The minimum atomic E-state index is -3.53. The second-order valence-electron chi connectivity index (χ2n) is 5.02. The summed E-state index contributed by atoms with van der Waals surface area (Å²) in [5.74, 6) is -2.21. The normalized spacial score (nSPS) is 11.6. The van der Waals surface area contributed by atoms with Crippen LogP contribution in [0.15, 0.2) is 53.4 Å². The monoisotopic (exact) mass is 366 g/mol. The molecular weight excluding hydrogens is 350 g/mol. The zero-order valence-corrected chi connectivity index (χ0v) is 14.1. The zero-order valence-electron chi connectivity index (χ0n) is 13.3. The number of halogens is 2. The van der Waals surface area contributed by atoms with Gasteiger partial charge in [-0.1, -0.05) is 19.1 Å². The molecule has 0 aliphatic carbocycles. The van der Waals surface area contributed by atoms with Gasteiger partial charge in [0.05, 0.1) is 10.6 Å². The highest BCUT2D eigenvalue weighted by atomic mass is 32.2. The molecule has 0 unspecified atom stereocenters. The van der Waals surface area contributed by atoms with Crippen LogP contribution >= 0.6 is 0 Å². The first kappa shape index (κ1) is 18.8. The van der Waals surface area contributed by atoms with Crippen LogP contribution in [0.3, 0.4) is 0 Å². The molecule has 0 bridgehead atoms. The lowest BCUT2D eigenvalue weighted by Gasteiger charge is -2.05. The van der Waals surface area contributed by atoms with Crippen LogP contribution in [0, 0.1) is 11.6 Å². The first-order chi connectivity index (χ1) is 11.8. The number of nitrogens with one attached hydrogen (secondary N) is 2. The Hall–Kier alpha value is -2.58. The Kier molecular flexibility index (Phi) is 6.00. The fourth-order valence-electron chi connectivity index (χ4n) is 1.97. The molecular formula is C17H16F2N2O3S. The maximum absolute atomic E-state index is 13.5. The number of carbonyl (C=O) groups is 1. The average molecular weight is 366 g/mol. The van der Waals surface area contributed by atoms with E-state index in [1.807, 2.05) is 0 Å². The minimum absolute atomic E-state index is 0.115. The van der Waals surface area contributed by atoms with E-state index in [9.17, 15) is 22.0 Å². The molecule has 0 atom stereocenters. The summed E-state index contributed by atoms with van der Waals surface area (Å²) in [7, 11) is -3.53. The summed E-state index contributed by atoms with van der Waals surface area (Å²) in [5.41, 5.74) is 0.452. The van der Waals surface area contributed by atoms with Crippen molar-refractivity contribution in [3.63, 3.8) is 0 Å². The number of hydrogen-bond acceptors (Lipinski definition) is 3. The van der Waals surface area contributed by atoms with Crippen LogP contribution in [-0.2, 0) is 14.8 Å². The summed E-state index contributed by atoms with van der Waals surface area (Å²) in [6, 6.07) is 8.72. The first-order valence-corrected chi connectivity index (χ1v) is 8.84. The molecule has 0 heterocycles. The molecule has 0 aliphatic rings. The number of rotatable bonds is 6. The van der Waals surface area contributed by atoms with Crippen LogP contribution in [0.5, 0.6) is 0 Å². The highest BCUT2D eigenvalue weighted by Gasteiger charge is 2.11. The number of sulfonamides is 1. The van der Waals surface area contributed by atoms with Crippen LogP contribution in [0.25, 0.3) is 6.08 Å². The van der Waals surface area contributed by atoms with Crippen molar-refractivity contribution in [3.05, 3.63) is 65.7 Å². The lowest BCUT2D eigenvalue weighted by Crippen LogP contribution is -2.22. The number of amides is 1. The summed E-state index contributed by atoms with van der Waals surface area (Å²) in [5, 5.41) is 2.29. The number of benzene rings is 2. The van der Waals surface area contributed by atoms with Gasteiger partial charge in [0.2, 0.25) is 15.9 Å². The summed E-state index contributed by atoms with van der Waals surface area (Å²) < 4.78 is 52.3. The summed E-state index contributed by atoms with van der Waals surface area (Å²) in [4.78, 5) is 11.9.